The van der Waals surface area contributed by atoms with Crippen molar-refractivity contribution in [3.05, 3.63) is 11.6 Å². The molecule has 0 aromatic heterocycles. The van der Waals surface area contributed by atoms with Crippen LogP contribution in [0.1, 0.15) is 78.6 Å². The molecular weight excluding hydrogens is 268 g/mol. The molecule has 4 aliphatic rings. The van der Waals surface area contributed by atoms with E-state index >= 15 is 0 Å². The largest absolute Gasteiger partial charge is 0.393 e. The van der Waals surface area contributed by atoms with Gasteiger partial charge in [-0.05, 0) is 92.3 Å². The van der Waals surface area contributed by atoms with Gasteiger partial charge in [0.15, 0.2) is 0 Å². The Kier molecular flexibility index (Phi) is 3.53. The predicted octanol–water partition coefficient (Wildman–Crippen LogP) is 5.34. The lowest BCUT2D eigenvalue weighted by Gasteiger charge is -2.59. The first-order valence-electron chi connectivity index (χ1n) is 9.89. The molecule has 0 saturated heterocycles. The Balaban J connectivity index is 1.72. The molecule has 4 aliphatic carbocycles. The summed E-state index contributed by atoms with van der Waals surface area (Å²) in [6.45, 7) is 7.40. The summed E-state index contributed by atoms with van der Waals surface area (Å²) in [5, 5.41) is 10.6. The third kappa shape index (κ3) is 1.87. The van der Waals surface area contributed by atoms with Gasteiger partial charge in [0.25, 0.3) is 0 Å². The Morgan fingerprint density at radius 2 is 1.95 bits per heavy atom. The molecule has 1 N–H and O–H groups in total. The highest BCUT2D eigenvalue weighted by Crippen LogP contribution is 2.66. The Morgan fingerprint density at radius 1 is 1.14 bits per heavy atom. The number of allylic oxidation sites excluding steroid dienone is 2. The molecule has 0 spiro atoms. The van der Waals surface area contributed by atoms with Gasteiger partial charge in [-0.25, -0.2) is 0 Å². The van der Waals surface area contributed by atoms with Crippen molar-refractivity contribution in [1.82, 2.24) is 0 Å². The summed E-state index contributed by atoms with van der Waals surface area (Å²) in [5.41, 5.74) is 2.55. The standard InChI is InChI=1S/C21H34O/c1-4-14-13-15-17-8-9-19(22)21(17,3)12-10-18(15)20(2)11-6-5-7-16(14)20/h7,14-15,17-19,22H,4-6,8-13H2,1-3H3/t14-,15?,17?,18?,19?,20?,21?/m0/s1. The highest BCUT2D eigenvalue weighted by atomic mass is 16.3. The van der Waals surface area contributed by atoms with E-state index in [0.717, 1.165) is 30.1 Å². The Bertz CT molecular complexity index is 480. The van der Waals surface area contributed by atoms with Crippen LogP contribution in [0.15, 0.2) is 11.6 Å². The zero-order valence-electron chi connectivity index (χ0n) is 14.8. The maximum absolute atomic E-state index is 10.6. The van der Waals surface area contributed by atoms with Gasteiger partial charge in [-0.3, -0.25) is 0 Å². The molecule has 124 valence electrons. The number of hydrogen-bond acceptors (Lipinski definition) is 1. The summed E-state index contributed by atoms with van der Waals surface area (Å²) in [7, 11) is 0. The summed E-state index contributed by atoms with van der Waals surface area (Å²) in [4.78, 5) is 0. The van der Waals surface area contributed by atoms with Crippen LogP contribution >= 0.6 is 0 Å². The van der Waals surface area contributed by atoms with Crippen LogP contribution in [0.3, 0.4) is 0 Å². The first-order valence-corrected chi connectivity index (χ1v) is 9.89. The van der Waals surface area contributed by atoms with Crippen molar-refractivity contribution in [3.8, 4) is 0 Å². The van der Waals surface area contributed by atoms with Crippen molar-refractivity contribution < 1.29 is 5.11 Å². The number of hydrogen-bond donors (Lipinski definition) is 1. The molecular formula is C21H34O. The van der Waals surface area contributed by atoms with E-state index in [1.54, 1.807) is 0 Å². The maximum atomic E-state index is 10.6. The molecule has 4 rings (SSSR count). The van der Waals surface area contributed by atoms with E-state index in [1.165, 1.54) is 51.4 Å². The van der Waals surface area contributed by atoms with Gasteiger partial charge < -0.3 is 5.11 Å². The fourth-order valence-corrected chi connectivity index (χ4v) is 7.36. The quantitative estimate of drug-likeness (QED) is 0.648. The van der Waals surface area contributed by atoms with Crippen LogP contribution in [0.5, 0.6) is 0 Å². The molecule has 22 heavy (non-hydrogen) atoms. The van der Waals surface area contributed by atoms with E-state index in [0.29, 0.717) is 5.41 Å². The molecule has 7 atom stereocenters. The van der Waals surface area contributed by atoms with E-state index in [-0.39, 0.29) is 11.5 Å². The van der Waals surface area contributed by atoms with E-state index in [1.807, 2.05) is 5.57 Å². The highest BCUT2D eigenvalue weighted by molar-refractivity contribution is 5.26. The minimum Gasteiger partial charge on any atom is -0.393 e. The van der Waals surface area contributed by atoms with Crippen molar-refractivity contribution in [2.45, 2.75) is 84.7 Å². The van der Waals surface area contributed by atoms with Gasteiger partial charge in [0.2, 0.25) is 0 Å². The average molecular weight is 303 g/mol. The van der Waals surface area contributed by atoms with Crippen LogP contribution < -0.4 is 0 Å². The topological polar surface area (TPSA) is 20.2 Å². The van der Waals surface area contributed by atoms with E-state index in [9.17, 15) is 5.11 Å². The normalized spacial score (nSPS) is 54.2. The molecule has 1 nitrogen and oxygen atoms in total. The molecule has 6 unspecified atom stereocenters. The second kappa shape index (κ2) is 5.10. The molecule has 0 bridgehead atoms. The molecule has 0 aliphatic heterocycles. The van der Waals surface area contributed by atoms with Crippen molar-refractivity contribution in [3.63, 3.8) is 0 Å². The molecule has 1 heteroatoms. The SMILES string of the molecule is CC[C@H]1CC2C(CCC3(C)C(O)CCC23)C2(C)CCCC=C12. The summed E-state index contributed by atoms with van der Waals surface area (Å²) < 4.78 is 0. The first kappa shape index (κ1) is 15.2. The number of aliphatic hydroxyl groups is 1. The smallest absolute Gasteiger partial charge is 0.0596 e. The monoisotopic (exact) mass is 302 g/mol. The predicted molar refractivity (Wildman–Crippen MR) is 91.5 cm³/mol. The molecule has 0 aromatic rings. The van der Waals surface area contributed by atoms with Crippen LogP contribution in [0, 0.1) is 34.5 Å². The summed E-state index contributed by atoms with van der Waals surface area (Å²) in [6.07, 6.45) is 14.4. The number of rotatable bonds is 1. The first-order chi connectivity index (χ1) is 10.5. The third-order valence-corrected chi connectivity index (χ3v) is 8.62. The van der Waals surface area contributed by atoms with Crippen molar-refractivity contribution in [2.24, 2.45) is 34.5 Å². The zero-order valence-corrected chi connectivity index (χ0v) is 14.8. The minimum atomic E-state index is -0.0328. The summed E-state index contributed by atoms with van der Waals surface area (Å²) in [6, 6.07) is 0. The fraction of sp³-hybridized carbons (Fsp3) is 0.905. The zero-order chi connectivity index (χ0) is 15.5. The Hall–Kier alpha value is -0.300. The van der Waals surface area contributed by atoms with Gasteiger partial charge >= 0.3 is 0 Å². The Morgan fingerprint density at radius 3 is 2.73 bits per heavy atom. The van der Waals surface area contributed by atoms with E-state index < -0.39 is 0 Å². The maximum Gasteiger partial charge on any atom is 0.0596 e. The van der Waals surface area contributed by atoms with Crippen molar-refractivity contribution in [2.75, 3.05) is 0 Å². The molecule has 3 saturated carbocycles. The fourth-order valence-electron chi connectivity index (χ4n) is 7.36. The lowest BCUT2D eigenvalue weighted by atomic mass is 9.45. The van der Waals surface area contributed by atoms with Gasteiger partial charge in [-0.1, -0.05) is 32.4 Å². The highest BCUT2D eigenvalue weighted by Gasteiger charge is 2.59. The Labute approximate surface area is 136 Å². The van der Waals surface area contributed by atoms with Crippen molar-refractivity contribution >= 4 is 0 Å². The summed E-state index contributed by atoms with van der Waals surface area (Å²) in [5.74, 6) is 3.38. The molecule has 0 radical (unpaired) electrons. The van der Waals surface area contributed by atoms with Crippen LogP contribution in [0.4, 0.5) is 0 Å². The second-order valence-corrected chi connectivity index (χ2v) is 9.32. The van der Waals surface area contributed by atoms with Crippen LogP contribution in [0.25, 0.3) is 0 Å². The van der Waals surface area contributed by atoms with Gasteiger partial charge in [-0.2, -0.15) is 0 Å². The average Bonchev–Trinajstić information content (AvgIpc) is 2.82. The molecule has 0 heterocycles. The third-order valence-electron chi connectivity index (χ3n) is 8.62. The lowest BCUT2D eigenvalue weighted by molar-refractivity contribution is -0.0827. The van der Waals surface area contributed by atoms with Crippen LogP contribution in [-0.2, 0) is 0 Å². The second-order valence-electron chi connectivity index (χ2n) is 9.32. The van der Waals surface area contributed by atoms with Gasteiger partial charge in [0, 0.05) is 0 Å². The minimum absolute atomic E-state index is 0.0328. The van der Waals surface area contributed by atoms with Crippen LogP contribution in [-0.4, -0.2) is 11.2 Å². The van der Waals surface area contributed by atoms with Gasteiger partial charge in [0.05, 0.1) is 6.10 Å². The van der Waals surface area contributed by atoms with E-state index in [2.05, 4.69) is 26.8 Å². The van der Waals surface area contributed by atoms with E-state index in [4.69, 9.17) is 0 Å². The number of fused-ring (bicyclic) bond motifs is 5. The molecule has 3 fully saturated rings. The van der Waals surface area contributed by atoms with Gasteiger partial charge in [-0.15, -0.1) is 0 Å². The number of aliphatic hydroxyl groups excluding tert-OH is 1. The molecule has 0 aromatic carbocycles. The lowest BCUT2D eigenvalue weighted by Crippen LogP contribution is -2.52. The van der Waals surface area contributed by atoms with Crippen molar-refractivity contribution in [1.29, 1.82) is 0 Å². The van der Waals surface area contributed by atoms with Gasteiger partial charge in [0.1, 0.15) is 0 Å². The molecule has 0 amide bonds. The summed E-state index contributed by atoms with van der Waals surface area (Å²) >= 11 is 0. The van der Waals surface area contributed by atoms with Crippen LogP contribution in [0.2, 0.25) is 0 Å².